The van der Waals surface area contributed by atoms with Crippen LogP contribution in [0, 0.1) is 0 Å². The van der Waals surface area contributed by atoms with Gasteiger partial charge in [-0.15, -0.1) is 0 Å². The fraction of sp³-hybridized carbons (Fsp3) is 0.400. The third-order valence-electron chi connectivity index (χ3n) is 1.98. The van der Waals surface area contributed by atoms with Gasteiger partial charge in [-0.2, -0.15) is 0 Å². The van der Waals surface area contributed by atoms with Crippen molar-refractivity contribution in [3.05, 3.63) is 29.8 Å². The van der Waals surface area contributed by atoms with Crippen molar-refractivity contribution in [2.45, 2.75) is 12.5 Å². The average molecular weight is 181 g/mol. The summed E-state index contributed by atoms with van der Waals surface area (Å²) in [7, 11) is 1.62. The molecule has 0 aliphatic carbocycles. The maximum absolute atomic E-state index is 8.74. The van der Waals surface area contributed by atoms with Crippen LogP contribution in [0.1, 0.15) is 18.0 Å². The van der Waals surface area contributed by atoms with Crippen LogP contribution < -0.4 is 10.5 Å². The zero-order valence-electron chi connectivity index (χ0n) is 7.73. The van der Waals surface area contributed by atoms with E-state index in [1.165, 1.54) is 0 Å². The smallest absolute Gasteiger partial charge is 0.123 e. The van der Waals surface area contributed by atoms with Crippen LogP contribution in [0.3, 0.4) is 0 Å². The highest BCUT2D eigenvalue weighted by molar-refractivity contribution is 5.35. The van der Waals surface area contributed by atoms with Crippen molar-refractivity contribution in [2.75, 3.05) is 13.7 Å². The summed E-state index contributed by atoms with van der Waals surface area (Å²) in [4.78, 5) is 0. The van der Waals surface area contributed by atoms with E-state index in [4.69, 9.17) is 15.6 Å². The summed E-state index contributed by atoms with van der Waals surface area (Å²) < 4.78 is 5.15. The Hall–Kier alpha value is -1.06. The maximum Gasteiger partial charge on any atom is 0.123 e. The first-order valence-corrected chi connectivity index (χ1v) is 4.29. The number of para-hydroxylation sites is 1. The zero-order chi connectivity index (χ0) is 9.68. The monoisotopic (exact) mass is 181 g/mol. The predicted octanol–water partition coefficient (Wildman–Crippen LogP) is 1.08. The minimum Gasteiger partial charge on any atom is -0.496 e. The molecule has 0 heterocycles. The van der Waals surface area contributed by atoms with Gasteiger partial charge in [0, 0.05) is 18.2 Å². The highest BCUT2D eigenvalue weighted by atomic mass is 16.5. The lowest BCUT2D eigenvalue weighted by atomic mass is 10.0. The van der Waals surface area contributed by atoms with E-state index in [0.717, 1.165) is 11.3 Å². The third kappa shape index (κ3) is 2.44. The molecular weight excluding hydrogens is 166 g/mol. The molecule has 13 heavy (non-hydrogen) atoms. The van der Waals surface area contributed by atoms with Crippen LogP contribution in [0.15, 0.2) is 24.3 Å². The van der Waals surface area contributed by atoms with Gasteiger partial charge in [-0.3, -0.25) is 0 Å². The van der Waals surface area contributed by atoms with Crippen LogP contribution in [0.25, 0.3) is 0 Å². The number of benzene rings is 1. The number of aliphatic hydroxyl groups is 1. The van der Waals surface area contributed by atoms with Gasteiger partial charge in [-0.05, 0) is 12.5 Å². The van der Waals surface area contributed by atoms with Crippen LogP contribution in [0.5, 0.6) is 5.75 Å². The molecule has 0 aliphatic heterocycles. The lowest BCUT2D eigenvalue weighted by Gasteiger charge is -2.13. The molecule has 1 aromatic rings. The van der Waals surface area contributed by atoms with Crippen LogP contribution >= 0.6 is 0 Å². The number of methoxy groups -OCH3 is 1. The van der Waals surface area contributed by atoms with Gasteiger partial charge in [-0.1, -0.05) is 18.2 Å². The van der Waals surface area contributed by atoms with Gasteiger partial charge in [-0.25, -0.2) is 0 Å². The van der Waals surface area contributed by atoms with Crippen molar-refractivity contribution in [1.82, 2.24) is 0 Å². The molecule has 72 valence electrons. The van der Waals surface area contributed by atoms with Gasteiger partial charge >= 0.3 is 0 Å². The van der Waals surface area contributed by atoms with E-state index in [-0.39, 0.29) is 12.6 Å². The Labute approximate surface area is 78.1 Å². The SMILES string of the molecule is COc1ccccc1[C@H](N)CCO. The number of hydrogen-bond donors (Lipinski definition) is 2. The van der Waals surface area contributed by atoms with E-state index in [0.29, 0.717) is 6.42 Å². The molecule has 0 aromatic heterocycles. The second-order valence-electron chi connectivity index (χ2n) is 2.86. The lowest BCUT2D eigenvalue weighted by Crippen LogP contribution is -2.12. The normalized spacial score (nSPS) is 12.5. The van der Waals surface area contributed by atoms with E-state index in [1.54, 1.807) is 7.11 Å². The van der Waals surface area contributed by atoms with Crippen molar-refractivity contribution >= 4 is 0 Å². The Balaban J connectivity index is 2.85. The molecule has 3 N–H and O–H groups in total. The van der Waals surface area contributed by atoms with Gasteiger partial charge in [0.05, 0.1) is 7.11 Å². The summed E-state index contributed by atoms with van der Waals surface area (Å²) in [5, 5.41) is 8.74. The molecule has 0 amide bonds. The quantitative estimate of drug-likeness (QED) is 0.730. The minimum absolute atomic E-state index is 0.0964. The molecule has 1 rings (SSSR count). The summed E-state index contributed by atoms with van der Waals surface area (Å²) in [6, 6.07) is 7.44. The second kappa shape index (κ2) is 4.84. The zero-order valence-corrected chi connectivity index (χ0v) is 7.73. The molecular formula is C10H15NO2. The molecule has 0 bridgehead atoms. The standard InChI is InChI=1S/C10H15NO2/c1-13-10-5-3-2-4-8(10)9(11)6-7-12/h2-5,9,12H,6-7,11H2,1H3/t9-/m1/s1. The number of aliphatic hydroxyl groups excluding tert-OH is 1. The van der Waals surface area contributed by atoms with Crippen molar-refractivity contribution in [3.8, 4) is 5.75 Å². The summed E-state index contributed by atoms with van der Waals surface area (Å²) in [6.07, 6.45) is 0.556. The Morgan fingerprint density at radius 1 is 1.46 bits per heavy atom. The Morgan fingerprint density at radius 2 is 2.15 bits per heavy atom. The molecule has 1 atom stereocenters. The minimum atomic E-state index is -0.152. The van der Waals surface area contributed by atoms with Crippen LogP contribution in [-0.4, -0.2) is 18.8 Å². The van der Waals surface area contributed by atoms with Crippen LogP contribution in [-0.2, 0) is 0 Å². The largest absolute Gasteiger partial charge is 0.496 e. The third-order valence-corrected chi connectivity index (χ3v) is 1.98. The number of ether oxygens (including phenoxy) is 1. The highest BCUT2D eigenvalue weighted by Gasteiger charge is 2.09. The van der Waals surface area contributed by atoms with Gasteiger partial charge in [0.15, 0.2) is 0 Å². The van der Waals surface area contributed by atoms with Gasteiger partial charge < -0.3 is 15.6 Å². The Kier molecular flexibility index (Phi) is 3.73. The van der Waals surface area contributed by atoms with E-state index in [1.807, 2.05) is 24.3 Å². The fourth-order valence-electron chi connectivity index (χ4n) is 1.27. The molecule has 3 heteroatoms. The summed E-state index contributed by atoms with van der Waals surface area (Å²) in [5.74, 6) is 0.781. The first-order chi connectivity index (χ1) is 6.29. The Bertz CT molecular complexity index is 263. The highest BCUT2D eigenvalue weighted by Crippen LogP contribution is 2.24. The second-order valence-corrected chi connectivity index (χ2v) is 2.86. The molecule has 3 nitrogen and oxygen atoms in total. The molecule has 0 fully saturated rings. The Morgan fingerprint density at radius 3 is 2.77 bits per heavy atom. The molecule has 1 aromatic carbocycles. The molecule has 0 saturated heterocycles. The van der Waals surface area contributed by atoms with Crippen molar-refractivity contribution in [2.24, 2.45) is 5.73 Å². The topological polar surface area (TPSA) is 55.5 Å². The van der Waals surface area contributed by atoms with Gasteiger partial charge in [0.1, 0.15) is 5.75 Å². The number of rotatable bonds is 4. The number of nitrogens with two attached hydrogens (primary N) is 1. The molecule has 0 spiro atoms. The van der Waals surface area contributed by atoms with E-state index in [9.17, 15) is 0 Å². The average Bonchev–Trinajstić information content (AvgIpc) is 2.18. The van der Waals surface area contributed by atoms with E-state index < -0.39 is 0 Å². The van der Waals surface area contributed by atoms with Crippen molar-refractivity contribution in [3.63, 3.8) is 0 Å². The van der Waals surface area contributed by atoms with E-state index in [2.05, 4.69) is 0 Å². The van der Waals surface area contributed by atoms with Gasteiger partial charge in [0.2, 0.25) is 0 Å². The summed E-state index contributed by atoms with van der Waals surface area (Å²) in [6.45, 7) is 0.0964. The van der Waals surface area contributed by atoms with Crippen molar-refractivity contribution < 1.29 is 9.84 Å². The first-order valence-electron chi connectivity index (χ1n) is 4.29. The maximum atomic E-state index is 8.74. The molecule has 0 unspecified atom stereocenters. The first kappa shape index (κ1) is 10.0. The molecule has 0 radical (unpaired) electrons. The summed E-state index contributed by atoms with van der Waals surface area (Å²) >= 11 is 0. The number of hydrogen-bond acceptors (Lipinski definition) is 3. The van der Waals surface area contributed by atoms with E-state index >= 15 is 0 Å². The molecule has 0 aliphatic rings. The van der Waals surface area contributed by atoms with Crippen molar-refractivity contribution in [1.29, 1.82) is 0 Å². The fourth-order valence-corrected chi connectivity index (χ4v) is 1.27. The summed E-state index contributed by atoms with van der Waals surface area (Å²) in [5.41, 5.74) is 6.79. The molecule has 0 saturated carbocycles. The predicted molar refractivity (Wildman–Crippen MR) is 51.6 cm³/mol. The van der Waals surface area contributed by atoms with Gasteiger partial charge in [0.25, 0.3) is 0 Å². The lowest BCUT2D eigenvalue weighted by molar-refractivity contribution is 0.275. The van der Waals surface area contributed by atoms with Crippen LogP contribution in [0.4, 0.5) is 0 Å². The van der Waals surface area contributed by atoms with Crippen LogP contribution in [0.2, 0.25) is 0 Å².